The predicted octanol–water partition coefficient (Wildman–Crippen LogP) is -3.45. The zero-order chi connectivity index (χ0) is 32.1. The van der Waals surface area contributed by atoms with E-state index < -0.39 is 97.1 Å². The Morgan fingerprint density at radius 1 is 0.907 bits per heavy atom. The lowest BCUT2D eigenvalue weighted by atomic mass is 9.98. The molecule has 1 saturated heterocycles. The number of hydrogen-bond donors (Lipinski definition) is 9. The van der Waals surface area contributed by atoms with Gasteiger partial charge in [0.25, 0.3) is 0 Å². The van der Waals surface area contributed by atoms with Crippen LogP contribution in [0.25, 0.3) is 0 Å². The van der Waals surface area contributed by atoms with Crippen LogP contribution in [0.4, 0.5) is 0 Å². The van der Waals surface area contributed by atoms with Gasteiger partial charge in [0, 0.05) is 26.0 Å². The number of amides is 4. The van der Waals surface area contributed by atoms with Crippen LogP contribution in [0.5, 0.6) is 0 Å². The quantitative estimate of drug-likeness (QED) is 0.0795. The molecule has 0 aliphatic carbocycles. The van der Waals surface area contributed by atoms with Gasteiger partial charge in [0.1, 0.15) is 41.9 Å². The first-order valence-electron chi connectivity index (χ1n) is 13.3. The van der Waals surface area contributed by atoms with Gasteiger partial charge >= 0.3 is 0 Å². The lowest BCUT2D eigenvalue weighted by molar-refractivity contribution is -0.173. The fourth-order valence-electron chi connectivity index (χ4n) is 4.13. The van der Waals surface area contributed by atoms with E-state index in [1.165, 1.54) is 13.8 Å². The Bertz CT molecular complexity index is 1100. The number of benzene rings is 1. The van der Waals surface area contributed by atoms with E-state index in [1.54, 1.807) is 30.3 Å². The molecule has 8 atom stereocenters. The predicted molar refractivity (Wildman–Crippen MR) is 158 cm³/mol. The number of rotatable bonds is 16. The Balaban J connectivity index is 2.24. The van der Waals surface area contributed by atoms with Gasteiger partial charge in [-0.2, -0.15) is 0 Å². The third-order valence-electron chi connectivity index (χ3n) is 6.35. The monoisotopic (exact) mass is 645 g/mol. The molecule has 1 aliphatic heterocycles. The molecule has 1 aromatic rings. The summed E-state index contributed by atoms with van der Waals surface area (Å²) < 4.78 is 5.67. The maximum Gasteiger partial charge on any atom is 0.244 e. The number of ketones is 1. The second kappa shape index (κ2) is 18.1. The highest BCUT2D eigenvalue weighted by molar-refractivity contribution is 8.76. The van der Waals surface area contributed by atoms with Gasteiger partial charge in [0.05, 0.1) is 25.8 Å². The number of nitrogens with one attached hydrogen (secondary N) is 4. The number of carbonyl (C=O) groups excluding carboxylic acids is 5. The second-order valence-corrected chi connectivity index (χ2v) is 12.2. The summed E-state index contributed by atoms with van der Waals surface area (Å²) in [4.78, 5) is 62.2. The summed E-state index contributed by atoms with van der Waals surface area (Å²) in [5.74, 6) is -3.29. The fraction of sp³-hybridized carbons (Fsp3) is 0.577. The minimum Gasteiger partial charge on any atom is -0.394 e. The van der Waals surface area contributed by atoms with Crippen molar-refractivity contribution in [2.75, 3.05) is 25.5 Å². The van der Waals surface area contributed by atoms with Gasteiger partial charge in [0.15, 0.2) is 5.78 Å². The van der Waals surface area contributed by atoms with Gasteiger partial charge in [-0.3, -0.25) is 24.0 Å². The molecule has 0 unspecified atom stereocenters. The van der Waals surface area contributed by atoms with Crippen LogP contribution in [0.1, 0.15) is 19.4 Å². The van der Waals surface area contributed by atoms with E-state index in [1.807, 2.05) is 0 Å². The van der Waals surface area contributed by atoms with E-state index in [9.17, 15) is 44.4 Å². The van der Waals surface area contributed by atoms with Crippen molar-refractivity contribution in [3.63, 3.8) is 0 Å². The SMILES string of the molecule is CC(=O)N[C@@H]1[C@@H](O)[C@H](O)[C@@H](CO)O[C@H]1SSC[C@H](NC(=O)[C@H](Cc1ccccc1)NC(C)=O)C(=O)N[C@@H](CO)C(=O)CN. The largest absolute Gasteiger partial charge is 0.394 e. The molecule has 2 rings (SSSR count). The molecule has 0 aromatic heterocycles. The van der Waals surface area contributed by atoms with Gasteiger partial charge in [-0.25, -0.2) is 0 Å². The number of hydrogen-bond acceptors (Lipinski definition) is 13. The van der Waals surface area contributed by atoms with Gasteiger partial charge < -0.3 is 52.2 Å². The van der Waals surface area contributed by atoms with E-state index in [-0.39, 0.29) is 12.2 Å². The van der Waals surface area contributed by atoms with E-state index in [4.69, 9.17) is 10.5 Å². The maximum absolute atomic E-state index is 13.3. The van der Waals surface area contributed by atoms with Crippen LogP contribution in [0, 0.1) is 0 Å². The molecule has 0 spiro atoms. The Morgan fingerprint density at radius 2 is 1.53 bits per heavy atom. The first kappa shape index (κ1) is 36.4. The van der Waals surface area contributed by atoms with E-state index >= 15 is 0 Å². The van der Waals surface area contributed by atoms with Crippen LogP contribution in [-0.2, 0) is 35.1 Å². The molecule has 240 valence electrons. The molecule has 4 amide bonds. The normalized spacial score (nSPS) is 23.7. The van der Waals surface area contributed by atoms with Gasteiger partial charge in [-0.05, 0) is 5.56 Å². The van der Waals surface area contributed by atoms with Crippen molar-refractivity contribution >= 4 is 51.0 Å². The number of aliphatic hydroxyl groups is 4. The summed E-state index contributed by atoms with van der Waals surface area (Å²) in [5, 5.41) is 49.9. The number of carbonyl (C=O) groups is 5. The summed E-state index contributed by atoms with van der Waals surface area (Å²) in [7, 11) is 1.96. The van der Waals surface area contributed by atoms with Gasteiger partial charge in [0.2, 0.25) is 23.6 Å². The van der Waals surface area contributed by atoms with Crippen molar-refractivity contribution in [3.8, 4) is 0 Å². The Kier molecular flexibility index (Phi) is 15.4. The topological polar surface area (TPSA) is 250 Å². The minimum atomic E-state index is -1.48. The average Bonchev–Trinajstić information content (AvgIpc) is 2.97. The smallest absolute Gasteiger partial charge is 0.244 e. The standard InChI is InChI=1S/C26H39N5O10S2/c1-13(34)28-16(8-15-6-4-3-5-7-15)24(39)31-18(25(40)30-17(10-32)19(36)9-27)12-42-43-26-21(29-14(2)35)23(38)22(37)20(11-33)41-26/h3-7,16-18,20-23,26,32-33,37-38H,8-12,27H2,1-2H3,(H,28,34)(H,29,35)(H,30,40)(H,31,39)/t16-,17-,18-,20+,21+,22+,23+,26-/m0/s1. The van der Waals surface area contributed by atoms with Gasteiger partial charge in [-0.1, -0.05) is 51.9 Å². The third kappa shape index (κ3) is 11.3. The number of nitrogens with two attached hydrogens (primary N) is 1. The molecular formula is C26H39N5O10S2. The van der Waals surface area contributed by atoms with Crippen LogP contribution in [0.3, 0.4) is 0 Å². The lowest BCUT2D eigenvalue weighted by Crippen LogP contribution is -2.63. The van der Waals surface area contributed by atoms with Crippen molar-refractivity contribution < 1.29 is 49.1 Å². The fourth-order valence-corrected chi connectivity index (χ4v) is 6.79. The zero-order valence-corrected chi connectivity index (χ0v) is 25.3. The summed E-state index contributed by atoms with van der Waals surface area (Å²) >= 11 is 0. The molecule has 0 saturated carbocycles. The first-order chi connectivity index (χ1) is 20.4. The van der Waals surface area contributed by atoms with Crippen LogP contribution in [0.15, 0.2) is 30.3 Å². The van der Waals surface area contributed by atoms with E-state index in [0.29, 0.717) is 0 Å². The molecule has 1 heterocycles. The van der Waals surface area contributed by atoms with E-state index in [0.717, 1.165) is 27.2 Å². The summed E-state index contributed by atoms with van der Waals surface area (Å²) in [5.41, 5.74) is 5.12. The Morgan fingerprint density at radius 3 is 2.09 bits per heavy atom. The molecule has 17 heteroatoms. The Labute approximate surface area is 256 Å². The molecule has 1 fully saturated rings. The average molecular weight is 646 g/mol. The molecular weight excluding hydrogens is 606 g/mol. The van der Waals surface area contributed by atoms with Crippen LogP contribution < -0.4 is 27.0 Å². The summed E-state index contributed by atoms with van der Waals surface area (Å²) in [6.45, 7) is 0.663. The lowest BCUT2D eigenvalue weighted by Gasteiger charge is -2.42. The molecule has 0 radical (unpaired) electrons. The second-order valence-electron chi connectivity index (χ2n) is 9.73. The number of aliphatic hydroxyl groups excluding tert-OH is 4. The van der Waals surface area contributed by atoms with Crippen LogP contribution in [-0.4, -0.2) is 123 Å². The highest BCUT2D eigenvalue weighted by Crippen LogP contribution is 2.36. The highest BCUT2D eigenvalue weighted by Gasteiger charge is 2.45. The maximum atomic E-state index is 13.3. The third-order valence-corrected chi connectivity index (χ3v) is 8.93. The van der Waals surface area contributed by atoms with Crippen molar-refractivity contribution in [3.05, 3.63) is 35.9 Å². The van der Waals surface area contributed by atoms with Gasteiger partial charge in [-0.15, -0.1) is 0 Å². The van der Waals surface area contributed by atoms with Crippen LogP contribution >= 0.6 is 21.6 Å². The zero-order valence-electron chi connectivity index (χ0n) is 23.7. The molecule has 15 nitrogen and oxygen atoms in total. The summed E-state index contributed by atoms with van der Waals surface area (Å²) in [6, 6.07) is 4.11. The number of ether oxygens (including phenoxy) is 1. The molecule has 0 bridgehead atoms. The number of Topliss-reactive ketones (excluding diaryl/α,β-unsaturated/α-hetero) is 1. The van der Waals surface area contributed by atoms with Crippen molar-refractivity contribution in [2.45, 2.75) is 68.2 Å². The highest BCUT2D eigenvalue weighted by atomic mass is 33.1. The first-order valence-corrected chi connectivity index (χ1v) is 15.7. The molecule has 10 N–H and O–H groups in total. The van der Waals surface area contributed by atoms with E-state index in [2.05, 4.69) is 21.3 Å². The minimum absolute atomic E-state index is 0.116. The van der Waals surface area contributed by atoms with Crippen LogP contribution in [0.2, 0.25) is 0 Å². The van der Waals surface area contributed by atoms with Crippen molar-refractivity contribution in [1.29, 1.82) is 0 Å². The molecule has 1 aliphatic rings. The Hall–Kier alpha value is -2.77. The summed E-state index contributed by atoms with van der Waals surface area (Å²) in [6.07, 6.45) is -3.99. The van der Waals surface area contributed by atoms with Crippen molar-refractivity contribution in [1.82, 2.24) is 21.3 Å². The van der Waals surface area contributed by atoms with Crippen molar-refractivity contribution in [2.24, 2.45) is 5.73 Å². The molecule has 1 aromatic carbocycles. The molecule has 43 heavy (non-hydrogen) atoms.